The summed E-state index contributed by atoms with van der Waals surface area (Å²) in [6, 6.07) is 6.31. The fourth-order valence-electron chi connectivity index (χ4n) is 1.28. The lowest BCUT2D eigenvalue weighted by molar-refractivity contribution is -0.119. The Labute approximate surface area is 110 Å². The summed E-state index contributed by atoms with van der Waals surface area (Å²) in [7, 11) is -3.50. The summed E-state index contributed by atoms with van der Waals surface area (Å²) in [6.45, 7) is 3.62. The van der Waals surface area contributed by atoms with Gasteiger partial charge in [0.15, 0.2) is 15.6 Å². The van der Waals surface area contributed by atoms with Crippen molar-refractivity contribution in [3.8, 4) is 0 Å². The van der Waals surface area contributed by atoms with Crippen LogP contribution in [0.2, 0.25) is 0 Å². The molecule has 0 N–H and O–H groups in total. The van der Waals surface area contributed by atoms with E-state index in [1.165, 1.54) is 12.1 Å². The van der Waals surface area contributed by atoms with Gasteiger partial charge in [-0.3, -0.25) is 4.79 Å². The summed E-state index contributed by atoms with van der Waals surface area (Å²) in [5.74, 6) is -0.848. The number of carbonyl (C=O) groups is 1. The molecule has 0 spiro atoms. The number of Topliss-reactive ketones (excluding diaryl/α,β-unsaturated/α-hetero) is 1. The Morgan fingerprint density at radius 2 is 1.82 bits per heavy atom. The Kier molecular flexibility index (Phi) is 4.89. The van der Waals surface area contributed by atoms with Crippen LogP contribution >= 0.6 is 15.9 Å². The van der Waals surface area contributed by atoms with E-state index in [1.54, 1.807) is 19.1 Å². The maximum Gasteiger partial charge on any atom is 0.185 e. The predicted molar refractivity (Wildman–Crippen MR) is 70.7 cm³/mol. The van der Waals surface area contributed by atoms with Gasteiger partial charge in [-0.25, -0.2) is 8.42 Å². The maximum atomic E-state index is 11.9. The van der Waals surface area contributed by atoms with Crippen LogP contribution in [0.15, 0.2) is 33.6 Å². The van der Waals surface area contributed by atoms with Gasteiger partial charge < -0.3 is 0 Å². The average molecular weight is 319 g/mol. The minimum atomic E-state index is -3.50. The van der Waals surface area contributed by atoms with E-state index in [0.29, 0.717) is 6.42 Å². The number of benzene rings is 1. The molecule has 0 aliphatic heterocycles. The molecule has 0 saturated carbocycles. The average Bonchev–Trinajstić information content (AvgIpc) is 2.27. The van der Waals surface area contributed by atoms with Gasteiger partial charge in [0.2, 0.25) is 0 Å². The Morgan fingerprint density at radius 1 is 1.29 bits per heavy atom. The zero-order chi connectivity index (χ0) is 13.1. The van der Waals surface area contributed by atoms with Crippen molar-refractivity contribution < 1.29 is 13.2 Å². The number of rotatable bonds is 5. The topological polar surface area (TPSA) is 51.2 Å². The second kappa shape index (κ2) is 5.78. The van der Waals surface area contributed by atoms with E-state index in [-0.39, 0.29) is 16.6 Å². The molecule has 0 bridgehead atoms. The highest BCUT2D eigenvalue weighted by atomic mass is 79.9. The first kappa shape index (κ1) is 14.4. The fraction of sp³-hybridized carbons (Fsp3) is 0.417. The lowest BCUT2D eigenvalue weighted by Gasteiger charge is -2.08. The van der Waals surface area contributed by atoms with Crippen molar-refractivity contribution in [1.82, 2.24) is 0 Å². The predicted octanol–water partition coefficient (Wildman–Crippen LogP) is 2.84. The van der Waals surface area contributed by atoms with E-state index >= 15 is 0 Å². The van der Waals surface area contributed by atoms with Gasteiger partial charge >= 0.3 is 0 Å². The van der Waals surface area contributed by atoms with Crippen LogP contribution in [0, 0.1) is 5.92 Å². The van der Waals surface area contributed by atoms with Crippen LogP contribution in [0.25, 0.3) is 0 Å². The van der Waals surface area contributed by atoms with Crippen molar-refractivity contribution in [2.45, 2.75) is 25.2 Å². The van der Waals surface area contributed by atoms with Crippen LogP contribution in [0.4, 0.5) is 0 Å². The molecule has 5 heteroatoms. The Hall–Kier alpha value is -0.680. The van der Waals surface area contributed by atoms with Gasteiger partial charge in [0.25, 0.3) is 0 Å². The normalized spacial score (nSPS) is 13.4. The van der Waals surface area contributed by atoms with Crippen molar-refractivity contribution in [3.05, 3.63) is 28.7 Å². The molecule has 1 rings (SSSR count). The molecule has 0 amide bonds. The van der Waals surface area contributed by atoms with Crippen molar-refractivity contribution >= 4 is 31.6 Å². The van der Waals surface area contributed by atoms with Crippen LogP contribution in [0.1, 0.15) is 20.3 Å². The molecule has 0 fully saturated rings. The third kappa shape index (κ3) is 3.92. The van der Waals surface area contributed by atoms with E-state index in [2.05, 4.69) is 15.9 Å². The summed E-state index contributed by atoms with van der Waals surface area (Å²) >= 11 is 3.24. The minimum Gasteiger partial charge on any atom is -0.298 e. The van der Waals surface area contributed by atoms with Gasteiger partial charge in [0.1, 0.15) is 5.75 Å². The first-order valence-corrected chi connectivity index (χ1v) is 7.82. The smallest absolute Gasteiger partial charge is 0.185 e. The number of ketones is 1. The fourth-order valence-corrected chi connectivity index (χ4v) is 2.92. The number of carbonyl (C=O) groups excluding carboxylic acids is 1. The zero-order valence-electron chi connectivity index (χ0n) is 9.81. The molecule has 1 unspecified atom stereocenters. The second-order valence-corrected chi connectivity index (χ2v) is 6.89. The third-order valence-corrected chi connectivity index (χ3v) is 4.85. The van der Waals surface area contributed by atoms with Crippen LogP contribution in [0.3, 0.4) is 0 Å². The Morgan fingerprint density at radius 3 is 2.29 bits per heavy atom. The molecule has 0 aliphatic rings. The number of hydrogen-bond donors (Lipinski definition) is 0. The number of sulfone groups is 1. The van der Waals surface area contributed by atoms with Crippen molar-refractivity contribution in [3.63, 3.8) is 0 Å². The summed E-state index contributed by atoms with van der Waals surface area (Å²) < 4.78 is 24.7. The molecular formula is C12H15BrO3S. The molecule has 1 aromatic rings. The molecule has 3 nitrogen and oxygen atoms in total. The lowest BCUT2D eigenvalue weighted by Crippen LogP contribution is -2.21. The minimum absolute atomic E-state index is 0.192. The second-order valence-electron chi connectivity index (χ2n) is 3.99. The molecule has 1 aromatic carbocycles. The Balaban J connectivity index is 2.89. The summed E-state index contributed by atoms with van der Waals surface area (Å²) in [6.07, 6.45) is 0.661. The van der Waals surface area contributed by atoms with Crippen LogP contribution < -0.4 is 0 Å². The molecule has 1 atom stereocenters. The molecule has 17 heavy (non-hydrogen) atoms. The van der Waals surface area contributed by atoms with Crippen LogP contribution in [-0.2, 0) is 14.6 Å². The highest BCUT2D eigenvalue weighted by molar-refractivity contribution is 9.10. The van der Waals surface area contributed by atoms with E-state index in [9.17, 15) is 13.2 Å². The largest absolute Gasteiger partial charge is 0.298 e. The van der Waals surface area contributed by atoms with E-state index in [1.807, 2.05) is 6.92 Å². The standard InChI is InChI=1S/C12H15BrO3S/c1-3-9(2)12(14)8-17(15,16)11-6-4-10(13)5-7-11/h4-7,9H,3,8H2,1-2H3. The summed E-state index contributed by atoms with van der Waals surface area (Å²) in [5, 5.41) is 0. The highest BCUT2D eigenvalue weighted by Gasteiger charge is 2.22. The van der Waals surface area contributed by atoms with Crippen LogP contribution in [-0.4, -0.2) is 20.0 Å². The van der Waals surface area contributed by atoms with Crippen molar-refractivity contribution in [2.24, 2.45) is 5.92 Å². The quantitative estimate of drug-likeness (QED) is 0.838. The van der Waals surface area contributed by atoms with Gasteiger partial charge in [0, 0.05) is 10.4 Å². The summed E-state index contributed by atoms with van der Waals surface area (Å²) in [5.41, 5.74) is 0. The van der Waals surface area contributed by atoms with Crippen molar-refractivity contribution in [2.75, 3.05) is 5.75 Å². The third-order valence-electron chi connectivity index (χ3n) is 2.67. The first-order valence-electron chi connectivity index (χ1n) is 5.38. The molecular weight excluding hydrogens is 304 g/mol. The van der Waals surface area contributed by atoms with Crippen LogP contribution in [0.5, 0.6) is 0 Å². The Bertz CT molecular complexity index is 491. The molecule has 0 aromatic heterocycles. The van der Waals surface area contributed by atoms with Gasteiger partial charge in [-0.05, 0) is 30.7 Å². The van der Waals surface area contributed by atoms with Gasteiger partial charge in [0.05, 0.1) is 4.90 Å². The van der Waals surface area contributed by atoms with Gasteiger partial charge in [-0.2, -0.15) is 0 Å². The number of halogens is 1. The first-order chi connectivity index (χ1) is 7.86. The van der Waals surface area contributed by atoms with E-state index in [0.717, 1.165) is 4.47 Å². The highest BCUT2D eigenvalue weighted by Crippen LogP contribution is 2.17. The molecule has 0 radical (unpaired) electrons. The number of hydrogen-bond acceptors (Lipinski definition) is 3. The monoisotopic (exact) mass is 318 g/mol. The van der Waals surface area contributed by atoms with Crippen molar-refractivity contribution in [1.29, 1.82) is 0 Å². The molecule has 0 saturated heterocycles. The van der Waals surface area contributed by atoms with Gasteiger partial charge in [-0.1, -0.05) is 29.8 Å². The maximum absolute atomic E-state index is 11.9. The zero-order valence-corrected chi connectivity index (χ0v) is 12.2. The lowest BCUT2D eigenvalue weighted by atomic mass is 10.1. The SMILES string of the molecule is CCC(C)C(=O)CS(=O)(=O)c1ccc(Br)cc1. The summed E-state index contributed by atoms with van der Waals surface area (Å²) in [4.78, 5) is 11.8. The van der Waals surface area contributed by atoms with E-state index in [4.69, 9.17) is 0 Å². The molecule has 0 aliphatic carbocycles. The van der Waals surface area contributed by atoms with Gasteiger partial charge in [-0.15, -0.1) is 0 Å². The van der Waals surface area contributed by atoms with E-state index < -0.39 is 15.6 Å². The molecule has 0 heterocycles. The molecule has 94 valence electrons.